The van der Waals surface area contributed by atoms with Crippen molar-refractivity contribution in [3.05, 3.63) is 65.4 Å². The van der Waals surface area contributed by atoms with Crippen LogP contribution < -0.4 is 15.5 Å². The Morgan fingerprint density at radius 1 is 1.12 bits per heavy atom. The SMILES string of the molecule is O=C1CN(C(=O)c2ccc(NC(=O)c3ccco3)s2)c2ccccc2N1. The third kappa shape index (κ3) is 2.98. The zero-order chi connectivity index (χ0) is 18.1. The van der Waals surface area contributed by atoms with Crippen LogP contribution in [0.3, 0.4) is 0 Å². The minimum atomic E-state index is -0.390. The molecular formula is C18H13N3O4S. The molecular weight excluding hydrogens is 354 g/mol. The average Bonchev–Trinajstić information content (AvgIpc) is 3.32. The molecule has 0 atom stereocenters. The summed E-state index contributed by atoms with van der Waals surface area (Å²) in [4.78, 5) is 38.6. The number of para-hydroxylation sites is 2. The Bertz CT molecular complexity index is 994. The van der Waals surface area contributed by atoms with Gasteiger partial charge in [0.05, 0.1) is 27.5 Å². The quantitative estimate of drug-likeness (QED) is 0.744. The first kappa shape index (κ1) is 16.1. The van der Waals surface area contributed by atoms with E-state index >= 15 is 0 Å². The number of carbonyl (C=O) groups is 3. The predicted molar refractivity (Wildman–Crippen MR) is 97.7 cm³/mol. The van der Waals surface area contributed by atoms with Gasteiger partial charge in [-0.3, -0.25) is 19.3 Å². The molecule has 0 saturated heterocycles. The molecule has 4 rings (SSSR count). The van der Waals surface area contributed by atoms with Gasteiger partial charge in [-0.2, -0.15) is 0 Å². The van der Waals surface area contributed by atoms with Crippen LogP contribution in [0.1, 0.15) is 20.2 Å². The number of benzene rings is 1. The standard InChI is InChI=1S/C18H13N3O4S/c22-15-10-21(12-5-2-1-4-11(12)19-15)18(24)14-7-8-16(26-14)20-17(23)13-6-3-9-25-13/h1-9H,10H2,(H,19,22)(H,20,23). The van der Waals surface area contributed by atoms with E-state index in [4.69, 9.17) is 4.42 Å². The second kappa shape index (κ2) is 6.49. The molecule has 26 heavy (non-hydrogen) atoms. The van der Waals surface area contributed by atoms with E-state index in [0.717, 1.165) is 11.3 Å². The number of thiophene rings is 1. The lowest BCUT2D eigenvalue weighted by Gasteiger charge is -2.28. The van der Waals surface area contributed by atoms with E-state index in [1.807, 2.05) is 0 Å². The number of hydrogen-bond acceptors (Lipinski definition) is 5. The van der Waals surface area contributed by atoms with Gasteiger partial charge >= 0.3 is 0 Å². The fourth-order valence-electron chi connectivity index (χ4n) is 2.65. The van der Waals surface area contributed by atoms with Gasteiger partial charge in [-0.05, 0) is 36.4 Å². The average molecular weight is 367 g/mol. The number of furan rings is 1. The van der Waals surface area contributed by atoms with E-state index in [1.165, 1.54) is 11.2 Å². The van der Waals surface area contributed by atoms with Crippen molar-refractivity contribution in [3.63, 3.8) is 0 Å². The molecule has 130 valence electrons. The molecule has 1 aliphatic heterocycles. The van der Waals surface area contributed by atoms with E-state index < -0.39 is 5.91 Å². The van der Waals surface area contributed by atoms with Crippen LogP contribution in [0.4, 0.5) is 16.4 Å². The first-order valence-corrected chi connectivity index (χ1v) is 8.59. The van der Waals surface area contributed by atoms with Gasteiger partial charge in [0.1, 0.15) is 6.54 Å². The first-order valence-electron chi connectivity index (χ1n) is 7.77. The molecule has 0 unspecified atom stereocenters. The lowest BCUT2D eigenvalue weighted by atomic mass is 10.2. The van der Waals surface area contributed by atoms with Crippen LogP contribution in [0.15, 0.2) is 59.2 Å². The highest BCUT2D eigenvalue weighted by Crippen LogP contribution is 2.32. The predicted octanol–water partition coefficient (Wildman–Crippen LogP) is 3.19. The van der Waals surface area contributed by atoms with Crippen LogP contribution in [-0.4, -0.2) is 24.3 Å². The van der Waals surface area contributed by atoms with Crippen molar-refractivity contribution in [3.8, 4) is 0 Å². The number of hydrogen-bond donors (Lipinski definition) is 2. The summed E-state index contributed by atoms with van der Waals surface area (Å²) in [5.41, 5.74) is 1.24. The molecule has 8 heteroatoms. The molecule has 0 fully saturated rings. The highest BCUT2D eigenvalue weighted by molar-refractivity contribution is 7.18. The summed E-state index contributed by atoms with van der Waals surface area (Å²) in [5.74, 6) is -0.748. The van der Waals surface area contributed by atoms with Crippen molar-refractivity contribution >= 4 is 45.4 Å². The molecule has 3 amide bonds. The molecule has 2 N–H and O–H groups in total. The zero-order valence-corrected chi connectivity index (χ0v) is 14.2. The van der Waals surface area contributed by atoms with Gasteiger partial charge in [-0.15, -0.1) is 11.3 Å². The monoisotopic (exact) mass is 367 g/mol. The molecule has 7 nitrogen and oxygen atoms in total. The van der Waals surface area contributed by atoms with Crippen LogP contribution in [0.5, 0.6) is 0 Å². The third-order valence-corrected chi connectivity index (χ3v) is 4.80. The summed E-state index contributed by atoms with van der Waals surface area (Å²) in [6.07, 6.45) is 1.41. The topological polar surface area (TPSA) is 91.7 Å². The number of fused-ring (bicyclic) bond motifs is 1. The van der Waals surface area contributed by atoms with E-state index in [-0.39, 0.29) is 24.1 Å². The maximum absolute atomic E-state index is 12.9. The molecule has 2 aromatic heterocycles. The summed E-state index contributed by atoms with van der Waals surface area (Å²) in [6.45, 7) is -0.0537. The molecule has 0 bridgehead atoms. The molecule has 0 aliphatic carbocycles. The minimum absolute atomic E-state index is 0.0537. The third-order valence-electron chi connectivity index (χ3n) is 3.81. The van der Waals surface area contributed by atoms with Gasteiger partial charge in [0, 0.05) is 0 Å². The Balaban J connectivity index is 1.55. The summed E-state index contributed by atoms with van der Waals surface area (Å²) in [5, 5.41) is 5.95. The summed E-state index contributed by atoms with van der Waals surface area (Å²) >= 11 is 1.14. The second-order valence-corrected chi connectivity index (χ2v) is 6.64. The largest absolute Gasteiger partial charge is 0.459 e. The summed E-state index contributed by atoms with van der Waals surface area (Å²) in [6, 6.07) is 13.6. The fraction of sp³-hybridized carbons (Fsp3) is 0.0556. The van der Waals surface area contributed by atoms with Crippen molar-refractivity contribution in [2.75, 3.05) is 22.1 Å². The zero-order valence-electron chi connectivity index (χ0n) is 13.4. The van der Waals surface area contributed by atoms with Crippen LogP contribution in [0.2, 0.25) is 0 Å². The molecule has 0 saturated carbocycles. The number of anilines is 3. The molecule has 3 heterocycles. The van der Waals surface area contributed by atoms with E-state index in [2.05, 4.69) is 10.6 Å². The van der Waals surface area contributed by atoms with E-state index in [1.54, 1.807) is 48.5 Å². The molecule has 0 spiro atoms. The van der Waals surface area contributed by atoms with Crippen molar-refractivity contribution < 1.29 is 18.8 Å². The lowest BCUT2D eigenvalue weighted by molar-refractivity contribution is -0.115. The smallest absolute Gasteiger partial charge is 0.291 e. The summed E-state index contributed by atoms with van der Waals surface area (Å²) < 4.78 is 5.04. The van der Waals surface area contributed by atoms with Crippen LogP contribution >= 0.6 is 11.3 Å². The molecule has 0 radical (unpaired) electrons. The van der Waals surface area contributed by atoms with Gasteiger partial charge in [-0.25, -0.2) is 0 Å². The Labute approximate surface area is 152 Å². The minimum Gasteiger partial charge on any atom is -0.459 e. The Morgan fingerprint density at radius 2 is 1.96 bits per heavy atom. The Hall–Kier alpha value is -3.39. The van der Waals surface area contributed by atoms with Crippen molar-refractivity contribution in [1.29, 1.82) is 0 Å². The molecule has 1 aliphatic rings. The van der Waals surface area contributed by atoms with Crippen molar-refractivity contribution in [2.24, 2.45) is 0 Å². The van der Waals surface area contributed by atoms with Gasteiger partial charge in [0.15, 0.2) is 5.76 Å². The highest BCUT2D eigenvalue weighted by Gasteiger charge is 2.28. The van der Waals surface area contributed by atoms with Crippen LogP contribution in [0, 0.1) is 0 Å². The van der Waals surface area contributed by atoms with Crippen molar-refractivity contribution in [1.82, 2.24) is 0 Å². The number of amides is 3. The lowest BCUT2D eigenvalue weighted by Crippen LogP contribution is -2.41. The maximum atomic E-state index is 12.9. The van der Waals surface area contributed by atoms with Crippen LogP contribution in [-0.2, 0) is 4.79 Å². The fourth-order valence-corrected chi connectivity index (χ4v) is 3.50. The number of rotatable bonds is 3. The molecule has 3 aromatic rings. The van der Waals surface area contributed by atoms with Crippen LogP contribution in [0.25, 0.3) is 0 Å². The second-order valence-electron chi connectivity index (χ2n) is 5.55. The van der Waals surface area contributed by atoms with Gasteiger partial charge in [-0.1, -0.05) is 12.1 Å². The van der Waals surface area contributed by atoms with Gasteiger partial charge in [0.2, 0.25) is 5.91 Å². The Kier molecular flexibility index (Phi) is 4.02. The van der Waals surface area contributed by atoms with E-state index in [9.17, 15) is 14.4 Å². The number of nitrogens with one attached hydrogen (secondary N) is 2. The summed E-state index contributed by atoms with van der Waals surface area (Å²) in [7, 11) is 0. The highest BCUT2D eigenvalue weighted by atomic mass is 32.1. The van der Waals surface area contributed by atoms with Gasteiger partial charge < -0.3 is 15.1 Å². The van der Waals surface area contributed by atoms with Gasteiger partial charge in [0.25, 0.3) is 11.8 Å². The molecule has 1 aromatic carbocycles. The Morgan fingerprint density at radius 3 is 2.77 bits per heavy atom. The number of nitrogens with zero attached hydrogens (tertiary/aromatic N) is 1. The first-order chi connectivity index (χ1) is 12.6. The van der Waals surface area contributed by atoms with Crippen molar-refractivity contribution in [2.45, 2.75) is 0 Å². The number of carbonyl (C=O) groups excluding carboxylic acids is 3. The normalized spacial score (nSPS) is 13.1. The van der Waals surface area contributed by atoms with E-state index in [0.29, 0.717) is 21.3 Å². The maximum Gasteiger partial charge on any atom is 0.291 e.